The molecule has 0 aromatic heterocycles. The molecule has 0 aliphatic carbocycles. The molecule has 0 aliphatic heterocycles. The minimum atomic E-state index is -0.816. The lowest BCUT2D eigenvalue weighted by Crippen LogP contribution is -2.30. The van der Waals surface area contributed by atoms with Crippen LogP contribution in [0.15, 0.2) is 146 Å². The highest BCUT2D eigenvalue weighted by molar-refractivity contribution is 5.71. The summed E-state index contributed by atoms with van der Waals surface area (Å²) in [6.45, 7) is 6.45. The van der Waals surface area contributed by atoms with Gasteiger partial charge in [-0.25, -0.2) is 0 Å². The van der Waals surface area contributed by atoms with Gasteiger partial charge in [0.05, 0.1) is 0 Å². The molecule has 0 saturated carbocycles. The van der Waals surface area contributed by atoms with E-state index < -0.39 is 6.10 Å². The normalized spacial score (nSPS) is 13.1. The Morgan fingerprint density at radius 2 is 0.494 bits per heavy atom. The Kier molecular flexibility index (Phi) is 63.9. The van der Waals surface area contributed by atoms with E-state index in [0.29, 0.717) is 19.3 Å². The maximum Gasteiger partial charge on any atom is 0.306 e. The number of carbonyl (C=O) groups is 3. The molecule has 1 atom stereocenters. The van der Waals surface area contributed by atoms with Crippen molar-refractivity contribution >= 4 is 17.9 Å². The maximum atomic E-state index is 12.9. The smallest absolute Gasteiger partial charge is 0.306 e. The molecule has 6 heteroatoms. The van der Waals surface area contributed by atoms with Crippen molar-refractivity contribution < 1.29 is 28.6 Å². The van der Waals surface area contributed by atoms with Gasteiger partial charge < -0.3 is 14.2 Å². The molecule has 0 saturated heterocycles. The standard InChI is InChI=1S/C75H122O6/c1-4-7-10-13-16-19-22-25-28-30-32-33-34-35-36-37-38-39-40-41-43-44-47-50-53-56-59-62-65-68-74(77)80-71-72(70-79-73(76)67-64-61-58-55-52-49-46-27-24-21-18-15-12-9-6-3)81-75(78)69-66-63-60-57-54-51-48-45-42-31-29-26-23-20-17-14-11-8-5-2/h7,10,16,18-19,21,25-29,32-33,35-36,38-39,41,43,46-47,50,56,59,72H,4-6,8-9,11-15,17,20,22-24,30-31,34,37,40,42,44-45,48-49,51-55,57-58,60-71H2,1-3H3/b10-7-,19-16-,21-18-,28-25-,29-26-,33-32-,36-35-,39-38-,43-41-,46-27-,50-47-,59-56-. The van der Waals surface area contributed by atoms with Crippen LogP contribution >= 0.6 is 0 Å². The highest BCUT2D eigenvalue weighted by Crippen LogP contribution is 2.15. The predicted molar refractivity (Wildman–Crippen MR) is 352 cm³/mol. The average Bonchev–Trinajstić information content (AvgIpc) is 3.47. The van der Waals surface area contributed by atoms with Gasteiger partial charge in [0, 0.05) is 19.3 Å². The Morgan fingerprint density at radius 1 is 0.259 bits per heavy atom. The lowest BCUT2D eigenvalue weighted by Gasteiger charge is -2.18. The second-order valence-electron chi connectivity index (χ2n) is 21.6. The Hall–Kier alpha value is -4.71. The Labute approximate surface area is 499 Å². The van der Waals surface area contributed by atoms with Crippen LogP contribution in [0.25, 0.3) is 0 Å². The van der Waals surface area contributed by atoms with Crippen molar-refractivity contribution in [1.29, 1.82) is 0 Å². The van der Waals surface area contributed by atoms with Crippen LogP contribution in [-0.2, 0) is 28.6 Å². The van der Waals surface area contributed by atoms with E-state index in [2.05, 4.69) is 167 Å². The van der Waals surface area contributed by atoms with Gasteiger partial charge in [0.2, 0.25) is 0 Å². The number of ether oxygens (including phenoxy) is 3. The van der Waals surface area contributed by atoms with Crippen LogP contribution in [0.2, 0.25) is 0 Å². The molecule has 458 valence electrons. The third kappa shape index (κ3) is 66.0. The maximum absolute atomic E-state index is 12.9. The first-order valence-corrected chi connectivity index (χ1v) is 33.3. The minimum Gasteiger partial charge on any atom is -0.462 e. The molecule has 0 rings (SSSR count). The first kappa shape index (κ1) is 76.3. The summed E-state index contributed by atoms with van der Waals surface area (Å²) < 4.78 is 16.9. The van der Waals surface area contributed by atoms with Crippen LogP contribution in [-0.4, -0.2) is 37.2 Å². The van der Waals surface area contributed by atoms with Gasteiger partial charge in [-0.05, 0) is 141 Å². The molecular formula is C75H122O6. The molecular weight excluding hydrogens is 997 g/mol. The SMILES string of the molecule is CC/C=C\C/C=C\C/C=C\C/C=C\C/C=C\C/C=C\C/C=C\C/C=C\C/C=C\CCCC(=O)OCC(COC(=O)CCCCCCC/C=C\C/C=C\CCCCC)OC(=O)CCCCCCCCCCC/C=C\CCCCCCCC. The molecule has 0 heterocycles. The van der Waals surface area contributed by atoms with Gasteiger partial charge in [-0.15, -0.1) is 0 Å². The molecule has 0 fully saturated rings. The first-order chi connectivity index (χ1) is 40.0. The number of hydrogen-bond acceptors (Lipinski definition) is 6. The van der Waals surface area contributed by atoms with Gasteiger partial charge in [0.25, 0.3) is 0 Å². The van der Waals surface area contributed by atoms with E-state index in [9.17, 15) is 14.4 Å². The van der Waals surface area contributed by atoms with Crippen molar-refractivity contribution in [2.45, 2.75) is 297 Å². The summed E-state index contributed by atoms with van der Waals surface area (Å²) in [6.07, 6.45) is 97.1. The molecule has 0 spiro atoms. The quantitative estimate of drug-likeness (QED) is 0.0261. The Balaban J connectivity index is 4.48. The van der Waals surface area contributed by atoms with Crippen molar-refractivity contribution in [3.05, 3.63) is 146 Å². The van der Waals surface area contributed by atoms with Gasteiger partial charge in [0.1, 0.15) is 13.2 Å². The minimum absolute atomic E-state index is 0.108. The molecule has 0 amide bonds. The lowest BCUT2D eigenvalue weighted by atomic mass is 10.1. The van der Waals surface area contributed by atoms with Gasteiger partial charge in [0.15, 0.2) is 6.10 Å². The fourth-order valence-corrected chi connectivity index (χ4v) is 8.82. The average molecular weight is 1120 g/mol. The van der Waals surface area contributed by atoms with Crippen molar-refractivity contribution in [2.24, 2.45) is 0 Å². The Bertz CT molecular complexity index is 1760. The topological polar surface area (TPSA) is 78.9 Å². The molecule has 81 heavy (non-hydrogen) atoms. The molecule has 1 unspecified atom stereocenters. The Morgan fingerprint density at radius 3 is 0.840 bits per heavy atom. The summed E-state index contributed by atoms with van der Waals surface area (Å²) in [5, 5.41) is 0. The van der Waals surface area contributed by atoms with Crippen LogP contribution in [0.3, 0.4) is 0 Å². The van der Waals surface area contributed by atoms with E-state index in [1.165, 1.54) is 116 Å². The zero-order valence-electron chi connectivity index (χ0n) is 52.5. The van der Waals surface area contributed by atoms with Crippen molar-refractivity contribution in [2.75, 3.05) is 13.2 Å². The predicted octanol–water partition coefficient (Wildman–Crippen LogP) is 23.1. The number of unbranched alkanes of at least 4 members (excludes halogenated alkanes) is 24. The number of esters is 3. The largest absolute Gasteiger partial charge is 0.462 e. The monoisotopic (exact) mass is 1120 g/mol. The molecule has 0 aliphatic rings. The van der Waals surface area contributed by atoms with Gasteiger partial charge >= 0.3 is 17.9 Å². The van der Waals surface area contributed by atoms with Crippen LogP contribution in [0.1, 0.15) is 290 Å². The zero-order valence-corrected chi connectivity index (χ0v) is 52.5. The second-order valence-corrected chi connectivity index (χ2v) is 21.6. The van der Waals surface area contributed by atoms with E-state index >= 15 is 0 Å². The molecule has 0 aromatic rings. The number of carbonyl (C=O) groups excluding carboxylic acids is 3. The fraction of sp³-hybridized carbons (Fsp3) is 0.640. The third-order valence-electron chi connectivity index (χ3n) is 13.8. The van der Waals surface area contributed by atoms with Crippen LogP contribution < -0.4 is 0 Å². The van der Waals surface area contributed by atoms with Crippen molar-refractivity contribution in [1.82, 2.24) is 0 Å². The molecule has 0 radical (unpaired) electrons. The molecule has 6 nitrogen and oxygen atoms in total. The van der Waals surface area contributed by atoms with Gasteiger partial charge in [-0.1, -0.05) is 276 Å². The summed E-state index contributed by atoms with van der Waals surface area (Å²) in [6, 6.07) is 0. The van der Waals surface area contributed by atoms with E-state index in [0.717, 1.165) is 128 Å². The van der Waals surface area contributed by atoms with Crippen LogP contribution in [0, 0.1) is 0 Å². The van der Waals surface area contributed by atoms with E-state index in [4.69, 9.17) is 14.2 Å². The number of allylic oxidation sites excluding steroid dienone is 24. The lowest BCUT2D eigenvalue weighted by molar-refractivity contribution is -0.167. The molecule has 0 N–H and O–H groups in total. The third-order valence-corrected chi connectivity index (χ3v) is 13.8. The zero-order chi connectivity index (χ0) is 58.5. The highest BCUT2D eigenvalue weighted by Gasteiger charge is 2.19. The van der Waals surface area contributed by atoms with Gasteiger partial charge in [-0.3, -0.25) is 14.4 Å². The highest BCUT2D eigenvalue weighted by atomic mass is 16.6. The van der Waals surface area contributed by atoms with E-state index in [1.807, 2.05) is 0 Å². The second kappa shape index (κ2) is 67.8. The summed E-state index contributed by atoms with van der Waals surface area (Å²) in [7, 11) is 0. The van der Waals surface area contributed by atoms with E-state index in [1.54, 1.807) is 0 Å². The summed E-state index contributed by atoms with van der Waals surface area (Å²) in [5.41, 5.74) is 0. The van der Waals surface area contributed by atoms with Crippen molar-refractivity contribution in [3.63, 3.8) is 0 Å². The fourth-order valence-electron chi connectivity index (χ4n) is 8.82. The van der Waals surface area contributed by atoms with Crippen LogP contribution in [0.5, 0.6) is 0 Å². The van der Waals surface area contributed by atoms with E-state index in [-0.39, 0.29) is 37.5 Å². The number of rotatable bonds is 59. The van der Waals surface area contributed by atoms with Crippen LogP contribution in [0.4, 0.5) is 0 Å². The first-order valence-electron chi connectivity index (χ1n) is 33.3. The van der Waals surface area contributed by atoms with Gasteiger partial charge in [-0.2, -0.15) is 0 Å². The number of hydrogen-bond donors (Lipinski definition) is 0. The summed E-state index contributed by atoms with van der Waals surface area (Å²) in [5.74, 6) is -0.983. The molecule has 0 bridgehead atoms. The summed E-state index contributed by atoms with van der Waals surface area (Å²) >= 11 is 0. The van der Waals surface area contributed by atoms with Crippen molar-refractivity contribution in [3.8, 4) is 0 Å². The summed E-state index contributed by atoms with van der Waals surface area (Å²) in [4.78, 5) is 38.3. The molecule has 0 aromatic carbocycles.